The van der Waals surface area contributed by atoms with Gasteiger partial charge in [-0.05, 0) is 54.8 Å². The van der Waals surface area contributed by atoms with Crippen molar-refractivity contribution in [2.75, 3.05) is 26.9 Å². The Morgan fingerprint density at radius 2 is 1.85 bits per heavy atom. The van der Waals surface area contributed by atoms with Crippen molar-refractivity contribution >= 4 is 15.9 Å². The summed E-state index contributed by atoms with van der Waals surface area (Å²) in [6.07, 6.45) is -2.75. The first-order chi connectivity index (χ1) is 19.0. The van der Waals surface area contributed by atoms with E-state index >= 15 is 0 Å². The molecule has 0 radical (unpaired) electrons. The van der Waals surface area contributed by atoms with Crippen LogP contribution in [0.4, 0.5) is 17.6 Å². The Balaban J connectivity index is 1.52. The van der Waals surface area contributed by atoms with Gasteiger partial charge in [-0.2, -0.15) is 17.5 Å². The number of nitrogens with one attached hydrogen (secondary N) is 1. The summed E-state index contributed by atoms with van der Waals surface area (Å²) in [6.45, 7) is 0.439. The molecule has 3 aromatic rings. The van der Waals surface area contributed by atoms with Gasteiger partial charge in [-0.25, -0.2) is 17.8 Å². The van der Waals surface area contributed by atoms with Crippen molar-refractivity contribution in [1.82, 2.24) is 19.6 Å². The van der Waals surface area contributed by atoms with Gasteiger partial charge in [0.2, 0.25) is 21.8 Å². The van der Waals surface area contributed by atoms with Crippen LogP contribution in [0.2, 0.25) is 0 Å². The molecule has 1 amide bonds. The summed E-state index contributed by atoms with van der Waals surface area (Å²) >= 11 is 0. The van der Waals surface area contributed by atoms with E-state index in [9.17, 15) is 30.8 Å². The van der Waals surface area contributed by atoms with Crippen LogP contribution in [0, 0.1) is 5.82 Å². The van der Waals surface area contributed by atoms with Crippen LogP contribution in [-0.2, 0) is 32.3 Å². The van der Waals surface area contributed by atoms with Crippen LogP contribution in [0.15, 0.2) is 59.6 Å². The fraction of sp³-hybridized carbons (Fsp3) is 0.346. The van der Waals surface area contributed by atoms with Crippen molar-refractivity contribution in [1.29, 1.82) is 0 Å². The van der Waals surface area contributed by atoms with Gasteiger partial charge in [0.1, 0.15) is 24.2 Å². The zero-order valence-electron chi connectivity index (χ0n) is 21.3. The van der Waals surface area contributed by atoms with Crippen LogP contribution < -0.4 is 10.1 Å². The normalized spacial score (nSPS) is 16.2. The average Bonchev–Trinajstić information content (AvgIpc) is 3.43. The van der Waals surface area contributed by atoms with Gasteiger partial charge in [-0.1, -0.05) is 6.07 Å². The van der Waals surface area contributed by atoms with Crippen LogP contribution in [0.25, 0.3) is 11.1 Å². The van der Waals surface area contributed by atoms with Crippen molar-refractivity contribution in [3.8, 4) is 17.0 Å². The first-order valence-electron chi connectivity index (χ1n) is 12.2. The second-order valence-electron chi connectivity index (χ2n) is 8.90. The van der Waals surface area contributed by atoms with E-state index in [0.717, 1.165) is 40.8 Å². The molecule has 1 fully saturated rings. The quantitative estimate of drug-likeness (QED) is 0.286. The van der Waals surface area contributed by atoms with Gasteiger partial charge >= 0.3 is 6.18 Å². The minimum Gasteiger partial charge on any atom is -0.475 e. The molecule has 0 aliphatic carbocycles. The Labute approximate surface area is 228 Å². The highest BCUT2D eigenvalue weighted by atomic mass is 32.2. The molecule has 1 saturated heterocycles. The molecular weight excluding hydrogens is 556 g/mol. The number of benzene rings is 1. The van der Waals surface area contributed by atoms with Gasteiger partial charge in [-0.15, -0.1) is 0 Å². The molecule has 3 heterocycles. The number of hydrogen-bond acceptors (Lipinski definition) is 7. The molecule has 1 aromatic carbocycles. The molecule has 1 atom stereocenters. The molecule has 40 heavy (non-hydrogen) atoms. The molecule has 2 aromatic heterocycles. The van der Waals surface area contributed by atoms with Gasteiger partial charge in [0.25, 0.3) is 0 Å². The lowest BCUT2D eigenvalue weighted by Gasteiger charge is -2.23. The third-order valence-corrected chi connectivity index (χ3v) is 8.07. The van der Waals surface area contributed by atoms with E-state index in [2.05, 4.69) is 15.3 Å². The van der Waals surface area contributed by atoms with Crippen LogP contribution in [0.1, 0.15) is 24.2 Å². The zero-order valence-corrected chi connectivity index (χ0v) is 22.1. The number of halogens is 4. The molecule has 14 heteroatoms. The zero-order chi connectivity index (χ0) is 28.9. The lowest BCUT2D eigenvalue weighted by atomic mass is 10.1. The lowest BCUT2D eigenvalue weighted by molar-refractivity contribution is -0.141. The van der Waals surface area contributed by atoms with Crippen molar-refractivity contribution in [2.45, 2.75) is 36.5 Å². The molecule has 0 unspecified atom stereocenters. The van der Waals surface area contributed by atoms with Crippen molar-refractivity contribution < 1.29 is 40.2 Å². The number of amides is 1. The highest BCUT2D eigenvalue weighted by molar-refractivity contribution is 7.89. The van der Waals surface area contributed by atoms with Gasteiger partial charge in [-0.3, -0.25) is 9.78 Å². The number of pyridine rings is 2. The molecule has 1 aliphatic heterocycles. The summed E-state index contributed by atoms with van der Waals surface area (Å²) < 4.78 is 90.0. The Hall–Kier alpha value is -3.62. The Kier molecular flexibility index (Phi) is 9.01. The topological polar surface area (TPSA) is 111 Å². The number of nitrogens with zero attached hydrogens (tertiary/aromatic N) is 3. The van der Waals surface area contributed by atoms with Crippen LogP contribution in [0.5, 0.6) is 5.88 Å². The van der Waals surface area contributed by atoms with E-state index in [0.29, 0.717) is 29.7 Å². The van der Waals surface area contributed by atoms with Crippen molar-refractivity contribution in [3.05, 3.63) is 71.9 Å². The maximum Gasteiger partial charge on any atom is 0.433 e. The third-order valence-electron chi connectivity index (χ3n) is 6.15. The third kappa shape index (κ3) is 6.92. The molecule has 0 saturated carbocycles. The first kappa shape index (κ1) is 29.4. The summed E-state index contributed by atoms with van der Waals surface area (Å²) in [5, 5.41) is 2.69. The van der Waals surface area contributed by atoms with Gasteiger partial charge in [0, 0.05) is 31.5 Å². The standard InChI is InChI=1S/C26H26F4N4O5S/c1-38-11-12-39-24-14-18(17-4-9-23(31-15-17)26(28,29)30)13-20(33-24)16-32-25(35)22-3-2-10-34(22)40(36,37)21-7-5-19(27)6-8-21/h4-9,13-15,22H,2-3,10-12,16H2,1H3,(H,32,35)/t22-/m0/s1. The number of hydrogen-bond donors (Lipinski definition) is 1. The van der Waals surface area contributed by atoms with Gasteiger partial charge in [0.05, 0.1) is 23.7 Å². The summed E-state index contributed by atoms with van der Waals surface area (Å²) in [4.78, 5) is 20.8. The Bertz CT molecular complexity index is 1430. The highest BCUT2D eigenvalue weighted by Crippen LogP contribution is 2.30. The van der Waals surface area contributed by atoms with E-state index in [1.165, 1.54) is 19.2 Å². The monoisotopic (exact) mass is 582 g/mol. The molecule has 1 N–H and O–H groups in total. The second kappa shape index (κ2) is 12.3. The van der Waals surface area contributed by atoms with Crippen LogP contribution in [-0.4, -0.2) is 61.5 Å². The van der Waals surface area contributed by atoms with E-state index in [1.807, 2.05) is 0 Å². The highest BCUT2D eigenvalue weighted by Gasteiger charge is 2.39. The van der Waals surface area contributed by atoms with E-state index in [1.54, 1.807) is 6.07 Å². The van der Waals surface area contributed by atoms with Crippen LogP contribution in [0.3, 0.4) is 0 Å². The number of sulfonamides is 1. The number of carbonyl (C=O) groups is 1. The van der Waals surface area contributed by atoms with Crippen molar-refractivity contribution in [2.24, 2.45) is 0 Å². The molecule has 214 valence electrons. The van der Waals surface area contributed by atoms with E-state index < -0.39 is 39.7 Å². The summed E-state index contributed by atoms with van der Waals surface area (Å²) in [5.74, 6) is -0.976. The molecule has 4 rings (SSSR count). The Morgan fingerprint density at radius 1 is 1.10 bits per heavy atom. The fourth-order valence-corrected chi connectivity index (χ4v) is 5.84. The number of ether oxygens (including phenoxy) is 2. The number of rotatable bonds is 10. The summed E-state index contributed by atoms with van der Waals surface area (Å²) in [7, 11) is -2.55. The summed E-state index contributed by atoms with van der Waals surface area (Å²) in [6, 6.07) is 8.61. The molecular formula is C26H26F4N4O5S. The minimum absolute atomic E-state index is 0.109. The summed E-state index contributed by atoms with van der Waals surface area (Å²) in [5.41, 5.74) is 0.108. The second-order valence-corrected chi connectivity index (χ2v) is 10.8. The molecule has 1 aliphatic rings. The number of methoxy groups -OCH3 is 1. The van der Waals surface area contributed by atoms with Gasteiger partial charge in [0.15, 0.2) is 0 Å². The van der Waals surface area contributed by atoms with Crippen molar-refractivity contribution in [3.63, 3.8) is 0 Å². The predicted octanol–water partition coefficient (Wildman–Crippen LogP) is 3.80. The number of carbonyl (C=O) groups excluding carboxylic acids is 1. The molecule has 0 bridgehead atoms. The van der Waals surface area contributed by atoms with E-state index in [-0.39, 0.29) is 37.1 Å². The smallest absolute Gasteiger partial charge is 0.433 e. The number of alkyl halides is 3. The number of aromatic nitrogens is 2. The molecule has 9 nitrogen and oxygen atoms in total. The van der Waals surface area contributed by atoms with Gasteiger partial charge < -0.3 is 14.8 Å². The maximum atomic E-state index is 13.3. The largest absolute Gasteiger partial charge is 0.475 e. The first-order valence-corrected chi connectivity index (χ1v) is 13.6. The maximum absolute atomic E-state index is 13.3. The minimum atomic E-state index is -4.58. The SMILES string of the molecule is COCCOc1cc(-c2ccc(C(F)(F)F)nc2)cc(CNC(=O)[C@@H]2CCCN2S(=O)(=O)c2ccc(F)cc2)n1. The molecule has 0 spiro atoms. The van der Waals surface area contributed by atoms with Crippen LogP contribution >= 0.6 is 0 Å². The predicted molar refractivity (Wildman–Crippen MR) is 135 cm³/mol. The van der Waals surface area contributed by atoms with E-state index in [4.69, 9.17) is 9.47 Å². The lowest BCUT2D eigenvalue weighted by Crippen LogP contribution is -2.45. The fourth-order valence-electron chi connectivity index (χ4n) is 4.18. The average molecular weight is 583 g/mol. The Morgan fingerprint density at radius 3 is 2.50 bits per heavy atom.